The second-order valence-corrected chi connectivity index (χ2v) is 6.28. The number of nitrogens with zero attached hydrogens (tertiary/aromatic N) is 1. The van der Waals surface area contributed by atoms with Gasteiger partial charge < -0.3 is 15.0 Å². The van der Waals surface area contributed by atoms with Gasteiger partial charge in [-0.3, -0.25) is 0 Å². The molecule has 0 aromatic heterocycles. The van der Waals surface area contributed by atoms with Gasteiger partial charge in [-0.05, 0) is 45.2 Å². The van der Waals surface area contributed by atoms with Gasteiger partial charge in [-0.15, -0.1) is 0 Å². The predicted octanol–water partition coefficient (Wildman–Crippen LogP) is 2.27. The Hall–Kier alpha value is -0.120. The summed E-state index contributed by atoms with van der Waals surface area (Å²) in [4.78, 5) is 2.59. The Bertz CT molecular complexity index is 229. The van der Waals surface area contributed by atoms with Gasteiger partial charge in [0.1, 0.15) is 0 Å². The maximum atomic E-state index is 5.98. The van der Waals surface area contributed by atoms with E-state index in [9.17, 15) is 0 Å². The zero-order chi connectivity index (χ0) is 12.8. The molecule has 0 amide bonds. The minimum atomic E-state index is 0.567. The molecule has 3 nitrogen and oxygen atoms in total. The molecule has 1 saturated heterocycles. The summed E-state index contributed by atoms with van der Waals surface area (Å²) < 4.78 is 5.98. The molecule has 2 rings (SSSR count). The van der Waals surface area contributed by atoms with Crippen molar-refractivity contribution in [1.82, 2.24) is 10.2 Å². The summed E-state index contributed by atoms with van der Waals surface area (Å²) in [6.07, 6.45) is 7.14. The predicted molar refractivity (Wildman–Crippen MR) is 75.9 cm³/mol. The number of hydrogen-bond acceptors (Lipinski definition) is 3. The molecule has 2 atom stereocenters. The summed E-state index contributed by atoms with van der Waals surface area (Å²) in [7, 11) is 0. The second kappa shape index (κ2) is 7.46. The smallest absolute Gasteiger partial charge is 0.0597 e. The summed E-state index contributed by atoms with van der Waals surface area (Å²) in [5.74, 6) is 0.749. The number of hydrogen-bond donors (Lipinski definition) is 1. The van der Waals surface area contributed by atoms with Gasteiger partial charge in [0.25, 0.3) is 0 Å². The van der Waals surface area contributed by atoms with Gasteiger partial charge in [0, 0.05) is 19.1 Å². The second-order valence-electron chi connectivity index (χ2n) is 6.28. The van der Waals surface area contributed by atoms with Crippen LogP contribution in [0, 0.1) is 5.92 Å². The van der Waals surface area contributed by atoms with Gasteiger partial charge in [-0.25, -0.2) is 0 Å². The standard InChI is InChI=1S/C15H30N2O/c1-13-11-16-14(2)7-8-17(12-13)9-10-18-15-5-3-4-6-15/h13-16H,3-12H2,1-2H3. The molecule has 0 radical (unpaired) electrons. The third-order valence-electron chi connectivity index (χ3n) is 4.33. The van der Waals surface area contributed by atoms with E-state index in [0.29, 0.717) is 12.1 Å². The molecule has 1 aliphatic carbocycles. The third kappa shape index (κ3) is 4.87. The van der Waals surface area contributed by atoms with Gasteiger partial charge in [-0.2, -0.15) is 0 Å². The van der Waals surface area contributed by atoms with Crippen molar-refractivity contribution in [2.75, 3.05) is 32.8 Å². The van der Waals surface area contributed by atoms with E-state index in [-0.39, 0.29) is 0 Å². The van der Waals surface area contributed by atoms with E-state index in [0.717, 1.165) is 25.6 Å². The number of rotatable bonds is 4. The lowest BCUT2D eigenvalue weighted by Gasteiger charge is -2.31. The molecule has 0 spiro atoms. The summed E-state index contributed by atoms with van der Waals surface area (Å²) in [6.45, 7) is 10.3. The van der Waals surface area contributed by atoms with Crippen molar-refractivity contribution in [2.24, 2.45) is 5.92 Å². The molecule has 106 valence electrons. The zero-order valence-electron chi connectivity index (χ0n) is 12.2. The van der Waals surface area contributed by atoms with Crippen LogP contribution in [0.4, 0.5) is 0 Å². The number of ether oxygens (including phenoxy) is 1. The fourth-order valence-electron chi connectivity index (χ4n) is 3.08. The highest BCUT2D eigenvalue weighted by Gasteiger charge is 2.18. The fraction of sp³-hybridized carbons (Fsp3) is 1.00. The monoisotopic (exact) mass is 254 g/mol. The van der Waals surface area contributed by atoms with Crippen LogP contribution in [0.2, 0.25) is 0 Å². The Morgan fingerprint density at radius 1 is 1.17 bits per heavy atom. The molecule has 0 aromatic rings. The molecule has 18 heavy (non-hydrogen) atoms. The third-order valence-corrected chi connectivity index (χ3v) is 4.33. The van der Waals surface area contributed by atoms with Crippen molar-refractivity contribution in [3.63, 3.8) is 0 Å². The normalized spacial score (nSPS) is 32.3. The van der Waals surface area contributed by atoms with E-state index in [4.69, 9.17) is 4.74 Å². The topological polar surface area (TPSA) is 24.5 Å². The highest BCUT2D eigenvalue weighted by molar-refractivity contribution is 4.74. The van der Waals surface area contributed by atoms with Crippen LogP contribution in [-0.2, 0) is 4.74 Å². The molecule has 0 bridgehead atoms. The zero-order valence-corrected chi connectivity index (χ0v) is 12.2. The molecule has 2 fully saturated rings. The van der Waals surface area contributed by atoms with Crippen molar-refractivity contribution in [3.8, 4) is 0 Å². The van der Waals surface area contributed by atoms with Crippen LogP contribution in [0.25, 0.3) is 0 Å². The maximum absolute atomic E-state index is 5.98. The molecule has 3 heteroatoms. The molecule has 1 saturated carbocycles. The minimum Gasteiger partial charge on any atom is -0.377 e. The van der Waals surface area contributed by atoms with Gasteiger partial charge in [-0.1, -0.05) is 19.8 Å². The SMILES string of the molecule is CC1CNC(C)CCN(CCOC2CCCC2)C1. The van der Waals surface area contributed by atoms with Gasteiger partial charge in [0.15, 0.2) is 0 Å². The van der Waals surface area contributed by atoms with Crippen molar-refractivity contribution in [1.29, 1.82) is 0 Å². The molecule has 1 aliphatic heterocycles. The molecular weight excluding hydrogens is 224 g/mol. The van der Waals surface area contributed by atoms with Gasteiger partial charge in [0.05, 0.1) is 12.7 Å². The molecule has 0 aromatic carbocycles. The fourth-order valence-corrected chi connectivity index (χ4v) is 3.08. The lowest BCUT2D eigenvalue weighted by Crippen LogP contribution is -2.43. The van der Waals surface area contributed by atoms with E-state index < -0.39 is 0 Å². The van der Waals surface area contributed by atoms with Gasteiger partial charge in [0.2, 0.25) is 0 Å². The highest BCUT2D eigenvalue weighted by Crippen LogP contribution is 2.20. The van der Waals surface area contributed by atoms with E-state index in [1.807, 2.05) is 0 Å². The highest BCUT2D eigenvalue weighted by atomic mass is 16.5. The Labute approximate surface area is 112 Å². The van der Waals surface area contributed by atoms with Crippen LogP contribution >= 0.6 is 0 Å². The van der Waals surface area contributed by atoms with Crippen molar-refractivity contribution >= 4 is 0 Å². The van der Waals surface area contributed by atoms with Crippen LogP contribution in [-0.4, -0.2) is 49.8 Å². The van der Waals surface area contributed by atoms with E-state index in [1.54, 1.807) is 0 Å². The average molecular weight is 254 g/mol. The largest absolute Gasteiger partial charge is 0.377 e. The van der Waals surface area contributed by atoms with Crippen LogP contribution < -0.4 is 5.32 Å². The summed E-state index contributed by atoms with van der Waals surface area (Å²) in [5.41, 5.74) is 0. The van der Waals surface area contributed by atoms with Crippen molar-refractivity contribution < 1.29 is 4.74 Å². The Morgan fingerprint density at radius 3 is 2.72 bits per heavy atom. The first-order chi connectivity index (χ1) is 8.74. The minimum absolute atomic E-state index is 0.567. The number of nitrogens with one attached hydrogen (secondary N) is 1. The first kappa shape index (κ1) is 14.3. The van der Waals surface area contributed by atoms with Crippen molar-refractivity contribution in [2.45, 2.75) is 58.1 Å². The molecule has 1 heterocycles. The lowest BCUT2D eigenvalue weighted by atomic mass is 10.1. The van der Waals surface area contributed by atoms with Gasteiger partial charge >= 0.3 is 0 Å². The molecular formula is C15H30N2O. The van der Waals surface area contributed by atoms with Crippen LogP contribution in [0.3, 0.4) is 0 Å². The van der Waals surface area contributed by atoms with Crippen LogP contribution in [0.1, 0.15) is 46.0 Å². The Kier molecular flexibility index (Phi) is 5.93. The average Bonchev–Trinajstić information content (AvgIpc) is 2.84. The molecule has 2 aliphatic rings. The van der Waals surface area contributed by atoms with E-state index >= 15 is 0 Å². The maximum Gasteiger partial charge on any atom is 0.0597 e. The first-order valence-electron chi connectivity index (χ1n) is 7.81. The van der Waals surface area contributed by atoms with Crippen LogP contribution in [0.5, 0.6) is 0 Å². The summed E-state index contributed by atoms with van der Waals surface area (Å²) >= 11 is 0. The quantitative estimate of drug-likeness (QED) is 0.833. The molecule has 1 N–H and O–H groups in total. The lowest BCUT2D eigenvalue weighted by molar-refractivity contribution is 0.0375. The van der Waals surface area contributed by atoms with E-state index in [1.165, 1.54) is 45.2 Å². The van der Waals surface area contributed by atoms with E-state index in [2.05, 4.69) is 24.1 Å². The Morgan fingerprint density at radius 2 is 1.94 bits per heavy atom. The summed E-state index contributed by atoms with van der Waals surface area (Å²) in [5, 5.41) is 3.60. The molecule has 2 unspecified atom stereocenters. The Balaban J connectivity index is 1.65. The summed E-state index contributed by atoms with van der Waals surface area (Å²) in [6, 6.07) is 0.658. The first-order valence-corrected chi connectivity index (χ1v) is 7.81. The van der Waals surface area contributed by atoms with Crippen molar-refractivity contribution in [3.05, 3.63) is 0 Å². The van der Waals surface area contributed by atoms with Crippen LogP contribution in [0.15, 0.2) is 0 Å².